The van der Waals surface area contributed by atoms with Gasteiger partial charge < -0.3 is 46.6 Å². The molecular weight excluding hydrogens is 871 g/mol. The number of carbonyl (C=O) groups excluding carboxylic acids is 6. The van der Waals surface area contributed by atoms with Crippen molar-refractivity contribution in [3.8, 4) is 0 Å². The van der Waals surface area contributed by atoms with E-state index in [0.717, 1.165) is 5.56 Å². The van der Waals surface area contributed by atoms with Gasteiger partial charge in [-0.25, -0.2) is 0 Å². The van der Waals surface area contributed by atoms with Crippen LogP contribution in [-0.2, 0) is 35.3 Å². The molecule has 15 nitrogen and oxygen atoms in total. The SMILES string of the molecule is NCCCN1CC(=O)N(Cc2ccccc2)CC(=O)N(CCCN)CC(=O)N(C(c2ccccc2)c2ccccc2)CC(=O)N(CCCN)CC(=O)N(C(c2ccccc2)c2ccccc2)CC1=O. The number of hydrogen-bond donors (Lipinski definition) is 3. The molecule has 69 heavy (non-hydrogen) atoms. The highest BCUT2D eigenvalue weighted by molar-refractivity contribution is 5.94. The molecule has 0 aromatic heterocycles. The van der Waals surface area contributed by atoms with Gasteiger partial charge in [-0.3, -0.25) is 28.8 Å². The van der Waals surface area contributed by atoms with E-state index in [1.807, 2.05) is 152 Å². The zero-order valence-corrected chi connectivity index (χ0v) is 39.3. The smallest absolute Gasteiger partial charge is 0.243 e. The van der Waals surface area contributed by atoms with E-state index < -0.39 is 86.8 Å². The van der Waals surface area contributed by atoms with Crippen molar-refractivity contribution in [2.75, 3.05) is 78.5 Å². The van der Waals surface area contributed by atoms with Crippen molar-refractivity contribution in [1.82, 2.24) is 29.4 Å². The number of hydrogen-bond acceptors (Lipinski definition) is 9. The van der Waals surface area contributed by atoms with Gasteiger partial charge in [0, 0.05) is 26.2 Å². The molecule has 5 aromatic carbocycles. The molecule has 0 radical (unpaired) electrons. The van der Waals surface area contributed by atoms with E-state index >= 15 is 14.4 Å². The molecule has 6 rings (SSSR count). The lowest BCUT2D eigenvalue weighted by atomic mass is 9.96. The largest absolute Gasteiger partial charge is 0.332 e. The van der Waals surface area contributed by atoms with Crippen LogP contribution in [0.4, 0.5) is 0 Å². The Balaban J connectivity index is 1.52. The highest BCUT2D eigenvalue weighted by atomic mass is 16.2. The van der Waals surface area contributed by atoms with Crippen molar-refractivity contribution in [3.63, 3.8) is 0 Å². The molecule has 1 aliphatic heterocycles. The third kappa shape index (κ3) is 14.4. The van der Waals surface area contributed by atoms with Gasteiger partial charge in [0.1, 0.15) is 19.6 Å². The van der Waals surface area contributed by atoms with Gasteiger partial charge >= 0.3 is 0 Å². The van der Waals surface area contributed by atoms with Crippen LogP contribution in [0.1, 0.15) is 59.2 Å². The van der Waals surface area contributed by atoms with E-state index in [1.54, 1.807) is 0 Å². The normalized spacial score (nSPS) is 15.4. The fourth-order valence-electron chi connectivity index (χ4n) is 8.58. The van der Waals surface area contributed by atoms with E-state index in [2.05, 4.69) is 0 Å². The molecule has 0 aliphatic carbocycles. The maximum atomic E-state index is 15.3. The molecule has 0 atom stereocenters. The van der Waals surface area contributed by atoms with Crippen LogP contribution in [0, 0.1) is 0 Å². The summed E-state index contributed by atoms with van der Waals surface area (Å²) in [6.07, 6.45) is 1.04. The number of rotatable bonds is 17. The summed E-state index contributed by atoms with van der Waals surface area (Å²) >= 11 is 0. The number of amides is 6. The van der Waals surface area contributed by atoms with Crippen molar-refractivity contribution in [2.24, 2.45) is 17.2 Å². The molecule has 1 aliphatic rings. The van der Waals surface area contributed by atoms with E-state index in [9.17, 15) is 14.4 Å². The Kier molecular flexibility index (Phi) is 19.6. The van der Waals surface area contributed by atoms with Crippen LogP contribution in [0.15, 0.2) is 152 Å². The maximum Gasteiger partial charge on any atom is 0.243 e. The Morgan fingerprint density at radius 2 is 0.594 bits per heavy atom. The molecule has 362 valence electrons. The molecule has 1 fully saturated rings. The molecule has 6 amide bonds. The van der Waals surface area contributed by atoms with Gasteiger partial charge in [0.2, 0.25) is 35.4 Å². The Labute approximate surface area is 405 Å². The van der Waals surface area contributed by atoms with E-state index in [-0.39, 0.29) is 45.8 Å². The third-order valence-corrected chi connectivity index (χ3v) is 12.2. The lowest BCUT2D eigenvalue weighted by Gasteiger charge is -2.38. The average molecular weight is 936 g/mol. The minimum Gasteiger partial charge on any atom is -0.332 e. The number of benzene rings is 5. The van der Waals surface area contributed by atoms with Crippen molar-refractivity contribution >= 4 is 35.4 Å². The minimum absolute atomic E-state index is 0.0288. The maximum absolute atomic E-state index is 15.3. The molecule has 15 heteroatoms. The van der Waals surface area contributed by atoms with Gasteiger partial charge in [-0.1, -0.05) is 152 Å². The molecule has 1 heterocycles. The molecule has 0 saturated carbocycles. The number of nitrogens with zero attached hydrogens (tertiary/aromatic N) is 6. The number of nitrogens with two attached hydrogens (primary N) is 3. The van der Waals surface area contributed by atoms with Crippen LogP contribution >= 0.6 is 0 Å². The molecule has 0 bridgehead atoms. The molecule has 0 spiro atoms. The van der Waals surface area contributed by atoms with Crippen LogP contribution in [0.3, 0.4) is 0 Å². The predicted molar refractivity (Wildman–Crippen MR) is 265 cm³/mol. The summed E-state index contributed by atoms with van der Waals surface area (Å²) in [5.41, 5.74) is 21.6. The topological polar surface area (TPSA) is 200 Å². The highest BCUT2D eigenvalue weighted by Gasteiger charge is 2.36. The van der Waals surface area contributed by atoms with Gasteiger partial charge in [0.15, 0.2) is 0 Å². The molecule has 1 saturated heterocycles. The van der Waals surface area contributed by atoms with Gasteiger partial charge in [-0.05, 0) is 66.7 Å². The second kappa shape index (κ2) is 26.4. The fourth-order valence-corrected chi connectivity index (χ4v) is 8.58. The first kappa shape index (κ1) is 51.2. The molecule has 6 N–H and O–H groups in total. The Bertz CT molecular complexity index is 2250. The van der Waals surface area contributed by atoms with Gasteiger partial charge in [0.05, 0.1) is 31.7 Å². The van der Waals surface area contributed by atoms with E-state index in [1.165, 1.54) is 29.4 Å². The van der Waals surface area contributed by atoms with E-state index in [4.69, 9.17) is 17.2 Å². The molecule has 0 unspecified atom stereocenters. The summed E-state index contributed by atoms with van der Waals surface area (Å²) < 4.78 is 0. The second-order valence-corrected chi connectivity index (χ2v) is 17.1. The van der Waals surface area contributed by atoms with Crippen LogP contribution in [0.5, 0.6) is 0 Å². The fraction of sp³-hybridized carbons (Fsp3) is 0.333. The summed E-state index contributed by atoms with van der Waals surface area (Å²) in [7, 11) is 0. The average Bonchev–Trinajstić information content (AvgIpc) is 3.38. The minimum atomic E-state index is -0.793. The van der Waals surface area contributed by atoms with Crippen molar-refractivity contribution in [2.45, 2.75) is 37.9 Å². The molecule has 5 aromatic rings. The lowest BCUT2D eigenvalue weighted by molar-refractivity contribution is -0.151. The van der Waals surface area contributed by atoms with Crippen molar-refractivity contribution < 1.29 is 28.8 Å². The molecular formula is C54H65N9O6. The summed E-state index contributed by atoms with van der Waals surface area (Å²) in [5, 5.41) is 0. The van der Waals surface area contributed by atoms with Gasteiger partial charge in [-0.2, -0.15) is 0 Å². The summed E-state index contributed by atoms with van der Waals surface area (Å²) in [4.78, 5) is 98.4. The van der Waals surface area contributed by atoms with Crippen molar-refractivity contribution in [3.05, 3.63) is 179 Å². The highest BCUT2D eigenvalue weighted by Crippen LogP contribution is 2.31. The third-order valence-electron chi connectivity index (χ3n) is 12.2. The van der Waals surface area contributed by atoms with Crippen molar-refractivity contribution in [1.29, 1.82) is 0 Å². The van der Waals surface area contributed by atoms with Crippen LogP contribution in [-0.4, -0.2) is 143 Å². The standard InChI is InChI=1S/C54H65N9O6/c55-29-16-32-58-36-48(65)61(35-42-19-6-1-7-20-42)37-47(64)59(33-17-30-56)38-51(68)63(54(45-25-12-4-13-26-45)46-27-14-5-15-28-46)41-50(67)60(34-18-31-57)39-52(69)62(40-49(58)66)53(43-21-8-2-9-22-43)44-23-10-3-11-24-44/h1-15,19-28,53-54H,16-18,29-41,55-57H2. The lowest BCUT2D eigenvalue weighted by Crippen LogP contribution is -2.54. The Morgan fingerprint density at radius 1 is 0.333 bits per heavy atom. The van der Waals surface area contributed by atoms with Gasteiger partial charge in [-0.15, -0.1) is 0 Å². The Hall–Kier alpha value is -7.20. The summed E-state index contributed by atoms with van der Waals surface area (Å²) in [5.74, 6) is -3.16. The first-order valence-electron chi connectivity index (χ1n) is 23.7. The van der Waals surface area contributed by atoms with Crippen LogP contribution in [0.25, 0.3) is 0 Å². The zero-order valence-electron chi connectivity index (χ0n) is 39.3. The first-order valence-corrected chi connectivity index (χ1v) is 23.7. The van der Waals surface area contributed by atoms with Gasteiger partial charge in [0.25, 0.3) is 0 Å². The zero-order chi connectivity index (χ0) is 49.0. The summed E-state index contributed by atoms with van der Waals surface area (Å²) in [6, 6.07) is 44.9. The van der Waals surface area contributed by atoms with Crippen LogP contribution < -0.4 is 17.2 Å². The van der Waals surface area contributed by atoms with E-state index in [0.29, 0.717) is 41.5 Å². The number of carbonyl (C=O) groups is 6. The quantitative estimate of drug-likeness (QED) is 0.124. The predicted octanol–water partition coefficient (Wildman–Crippen LogP) is 3.80. The Morgan fingerprint density at radius 3 is 0.913 bits per heavy atom. The first-order chi connectivity index (χ1) is 33.6. The monoisotopic (exact) mass is 936 g/mol. The van der Waals surface area contributed by atoms with Crippen LogP contribution in [0.2, 0.25) is 0 Å². The second-order valence-electron chi connectivity index (χ2n) is 17.1. The summed E-state index contributed by atoms with van der Waals surface area (Å²) in [6.45, 7) is -1.76.